The zero-order valence-corrected chi connectivity index (χ0v) is 11.8. The smallest absolute Gasteiger partial charge is 0.318 e. The number of sulfone groups is 1. The molecule has 0 saturated carbocycles. The number of hydrogen-bond donors (Lipinski definition) is 1. The molecule has 0 fully saturated rings. The molecule has 1 rings (SSSR count). The number of hydrogen-bond acceptors (Lipinski definition) is 4. The number of halogens is 1. The predicted octanol–water partition coefficient (Wildman–Crippen LogP) is 1.12. The minimum absolute atomic E-state index is 0.313. The van der Waals surface area contributed by atoms with Crippen LogP contribution in [-0.2, 0) is 33.4 Å². The average molecular weight is 295 g/mol. The average Bonchev–Trinajstić information content (AvgIpc) is 2.53. The van der Waals surface area contributed by atoms with Gasteiger partial charge in [0, 0.05) is 6.54 Å². The van der Waals surface area contributed by atoms with Gasteiger partial charge in [-0.1, -0.05) is 18.5 Å². The molecule has 0 unspecified atom stereocenters. The van der Waals surface area contributed by atoms with Gasteiger partial charge >= 0.3 is 5.97 Å². The molecule has 8 heteroatoms. The third-order valence-electron chi connectivity index (χ3n) is 2.39. The molecular formula is C10H15ClN2O4S. The molecule has 0 bridgehead atoms. The Kier molecular flexibility index (Phi) is 4.75. The van der Waals surface area contributed by atoms with Crippen LogP contribution in [-0.4, -0.2) is 35.0 Å². The Morgan fingerprint density at radius 3 is 2.50 bits per heavy atom. The Hall–Kier alpha value is -1.08. The van der Waals surface area contributed by atoms with Crippen molar-refractivity contribution in [3.05, 3.63) is 16.4 Å². The third-order valence-corrected chi connectivity index (χ3v) is 4.23. The fraction of sp³-hybridized carbons (Fsp3) is 0.600. The lowest BCUT2D eigenvalue weighted by Gasteiger charge is -2.05. The van der Waals surface area contributed by atoms with Crippen molar-refractivity contribution in [3.8, 4) is 0 Å². The van der Waals surface area contributed by atoms with Gasteiger partial charge in [-0.25, -0.2) is 8.42 Å². The van der Waals surface area contributed by atoms with Crippen molar-refractivity contribution in [3.63, 3.8) is 0 Å². The van der Waals surface area contributed by atoms with Crippen molar-refractivity contribution in [2.24, 2.45) is 0 Å². The minimum Gasteiger partial charge on any atom is -0.480 e. The molecule has 0 aromatic carbocycles. The Labute approximate surface area is 110 Å². The highest BCUT2D eigenvalue weighted by atomic mass is 35.5. The van der Waals surface area contributed by atoms with Crippen LogP contribution in [0.2, 0.25) is 5.02 Å². The van der Waals surface area contributed by atoms with E-state index in [9.17, 15) is 13.2 Å². The van der Waals surface area contributed by atoms with E-state index >= 15 is 0 Å². The van der Waals surface area contributed by atoms with Crippen LogP contribution in [0.15, 0.2) is 0 Å². The maximum Gasteiger partial charge on any atom is 0.318 e. The van der Waals surface area contributed by atoms with Crippen molar-refractivity contribution in [2.75, 3.05) is 5.75 Å². The van der Waals surface area contributed by atoms with Gasteiger partial charge in [-0.05, 0) is 13.3 Å². The highest BCUT2D eigenvalue weighted by molar-refractivity contribution is 7.91. The van der Waals surface area contributed by atoms with Crippen LogP contribution in [0, 0.1) is 0 Å². The van der Waals surface area contributed by atoms with Gasteiger partial charge in [0.1, 0.15) is 5.75 Å². The molecule has 0 atom stereocenters. The molecule has 6 nitrogen and oxygen atoms in total. The van der Waals surface area contributed by atoms with Crippen LogP contribution < -0.4 is 0 Å². The van der Waals surface area contributed by atoms with E-state index in [0.717, 1.165) is 0 Å². The first-order valence-electron chi connectivity index (χ1n) is 5.47. The molecule has 1 N–H and O–H groups in total. The van der Waals surface area contributed by atoms with Crippen LogP contribution in [0.25, 0.3) is 0 Å². The Bertz CT molecular complexity index is 550. The van der Waals surface area contributed by atoms with Gasteiger partial charge in [0.25, 0.3) is 0 Å². The molecule has 0 amide bonds. The minimum atomic E-state index is -3.73. The molecule has 18 heavy (non-hydrogen) atoms. The maximum atomic E-state index is 11.6. The Morgan fingerprint density at radius 2 is 2.06 bits per heavy atom. The Morgan fingerprint density at radius 1 is 1.44 bits per heavy atom. The number of aliphatic carboxylic acids is 1. The molecule has 0 radical (unpaired) electrons. The van der Waals surface area contributed by atoms with Crippen LogP contribution in [0.3, 0.4) is 0 Å². The number of carboxylic acids is 1. The van der Waals surface area contributed by atoms with E-state index in [4.69, 9.17) is 16.7 Å². The fourth-order valence-corrected chi connectivity index (χ4v) is 3.21. The van der Waals surface area contributed by atoms with E-state index in [2.05, 4.69) is 5.10 Å². The third kappa shape index (κ3) is 3.46. The first kappa shape index (κ1) is 15.0. The summed E-state index contributed by atoms with van der Waals surface area (Å²) in [5, 5.41) is 13.0. The Balaban J connectivity index is 3.10. The summed E-state index contributed by atoms with van der Waals surface area (Å²) in [6, 6.07) is 0. The van der Waals surface area contributed by atoms with Gasteiger partial charge in [0.15, 0.2) is 9.84 Å². The van der Waals surface area contributed by atoms with Gasteiger partial charge in [-0.2, -0.15) is 5.10 Å². The van der Waals surface area contributed by atoms with E-state index in [1.54, 1.807) is 0 Å². The summed E-state index contributed by atoms with van der Waals surface area (Å²) in [6.45, 7) is 4.16. The summed E-state index contributed by atoms with van der Waals surface area (Å²) >= 11 is 6.06. The van der Waals surface area contributed by atoms with E-state index in [-0.39, 0.29) is 0 Å². The fourth-order valence-electron chi connectivity index (χ4n) is 1.60. The highest BCUT2D eigenvalue weighted by Crippen LogP contribution is 2.23. The molecule has 1 aromatic heterocycles. The zero-order chi connectivity index (χ0) is 13.9. The maximum absolute atomic E-state index is 11.6. The SMILES string of the molecule is CCc1nn(CC)c(CS(=O)(=O)CC(=O)O)c1Cl. The second-order valence-corrected chi connectivity index (χ2v) is 6.25. The summed E-state index contributed by atoms with van der Waals surface area (Å²) in [5.74, 6) is -2.68. The van der Waals surface area contributed by atoms with E-state index in [1.165, 1.54) is 4.68 Å². The number of aryl methyl sites for hydroxylation is 2. The summed E-state index contributed by atoms with van der Waals surface area (Å²) < 4.78 is 24.8. The van der Waals surface area contributed by atoms with Crippen molar-refractivity contribution in [1.82, 2.24) is 9.78 Å². The molecule has 0 aliphatic rings. The van der Waals surface area contributed by atoms with Gasteiger partial charge in [-0.3, -0.25) is 9.48 Å². The van der Waals surface area contributed by atoms with Crippen LogP contribution in [0.5, 0.6) is 0 Å². The zero-order valence-electron chi connectivity index (χ0n) is 10.2. The molecule has 0 spiro atoms. The van der Waals surface area contributed by atoms with E-state index in [0.29, 0.717) is 29.4 Å². The lowest BCUT2D eigenvalue weighted by Crippen LogP contribution is -2.19. The summed E-state index contributed by atoms with van der Waals surface area (Å²) in [5.41, 5.74) is 0.983. The summed E-state index contributed by atoms with van der Waals surface area (Å²) in [7, 11) is -3.73. The summed E-state index contributed by atoms with van der Waals surface area (Å²) in [6.07, 6.45) is 0.595. The molecule has 0 aliphatic heterocycles. The van der Waals surface area contributed by atoms with Crippen molar-refractivity contribution in [2.45, 2.75) is 32.6 Å². The predicted molar refractivity (Wildman–Crippen MR) is 67.4 cm³/mol. The molecule has 1 aromatic rings. The van der Waals surface area contributed by atoms with Gasteiger partial charge < -0.3 is 5.11 Å². The monoisotopic (exact) mass is 294 g/mol. The van der Waals surface area contributed by atoms with Crippen molar-refractivity contribution in [1.29, 1.82) is 0 Å². The van der Waals surface area contributed by atoms with E-state index in [1.807, 2.05) is 13.8 Å². The lowest BCUT2D eigenvalue weighted by molar-refractivity contribution is -0.134. The van der Waals surface area contributed by atoms with Crippen molar-refractivity contribution < 1.29 is 18.3 Å². The number of aromatic nitrogens is 2. The van der Waals surface area contributed by atoms with Gasteiger partial charge in [-0.15, -0.1) is 0 Å². The van der Waals surface area contributed by atoms with Crippen molar-refractivity contribution >= 4 is 27.4 Å². The number of rotatable bonds is 6. The quantitative estimate of drug-likeness (QED) is 0.849. The standard InChI is InChI=1S/C10H15ClN2O4S/c1-3-7-10(11)8(13(4-2)12-7)5-18(16,17)6-9(14)15/h3-6H2,1-2H3,(H,14,15). The van der Waals surface area contributed by atoms with Crippen LogP contribution in [0.1, 0.15) is 25.2 Å². The largest absolute Gasteiger partial charge is 0.480 e. The number of carboxylic acid groups (broad SMARTS) is 1. The first-order chi connectivity index (χ1) is 8.30. The number of carbonyl (C=O) groups is 1. The topological polar surface area (TPSA) is 89.3 Å². The highest BCUT2D eigenvalue weighted by Gasteiger charge is 2.23. The van der Waals surface area contributed by atoms with Crippen LogP contribution >= 0.6 is 11.6 Å². The van der Waals surface area contributed by atoms with E-state index < -0.39 is 27.3 Å². The number of nitrogens with zero attached hydrogens (tertiary/aromatic N) is 2. The second-order valence-electron chi connectivity index (χ2n) is 3.80. The molecular weight excluding hydrogens is 280 g/mol. The molecule has 1 heterocycles. The molecule has 102 valence electrons. The molecule has 0 saturated heterocycles. The van der Waals surface area contributed by atoms with Crippen LogP contribution in [0.4, 0.5) is 0 Å². The lowest BCUT2D eigenvalue weighted by atomic mass is 10.3. The second kappa shape index (κ2) is 5.71. The molecule has 0 aliphatic carbocycles. The first-order valence-corrected chi connectivity index (χ1v) is 7.67. The summed E-state index contributed by atoms with van der Waals surface area (Å²) in [4.78, 5) is 10.5. The van der Waals surface area contributed by atoms with Gasteiger partial charge in [0.2, 0.25) is 0 Å². The van der Waals surface area contributed by atoms with Gasteiger partial charge in [0.05, 0.1) is 22.2 Å². The normalized spacial score (nSPS) is 11.7.